The minimum absolute atomic E-state index is 0.00507. The predicted octanol–water partition coefficient (Wildman–Crippen LogP) is 2.76. The van der Waals surface area contributed by atoms with E-state index in [2.05, 4.69) is 9.46 Å². The van der Waals surface area contributed by atoms with E-state index >= 15 is 0 Å². The monoisotopic (exact) mass is 397 g/mol. The molecular weight excluding hydrogens is 382 g/mol. The third kappa shape index (κ3) is 3.60. The van der Waals surface area contributed by atoms with E-state index < -0.39 is 22.1 Å². The number of sulfonamides is 1. The van der Waals surface area contributed by atoms with Gasteiger partial charge in [0.15, 0.2) is 0 Å². The molecule has 3 rings (SSSR count). The van der Waals surface area contributed by atoms with Gasteiger partial charge in [-0.3, -0.25) is 0 Å². The van der Waals surface area contributed by atoms with E-state index in [4.69, 9.17) is 0 Å². The van der Waals surface area contributed by atoms with Crippen LogP contribution in [0.5, 0.6) is 0 Å². The molecule has 0 fully saturated rings. The Bertz CT molecular complexity index is 1010. The number of hydrogen-bond donors (Lipinski definition) is 2. The number of esters is 1. The van der Waals surface area contributed by atoms with Crippen LogP contribution < -0.4 is 4.72 Å². The Morgan fingerprint density at radius 3 is 2.80 bits per heavy atom. The van der Waals surface area contributed by atoms with Gasteiger partial charge in [0.25, 0.3) is 0 Å². The van der Waals surface area contributed by atoms with Crippen molar-refractivity contribution in [2.45, 2.75) is 11.0 Å². The maximum atomic E-state index is 12.5. The van der Waals surface area contributed by atoms with Crippen molar-refractivity contribution in [3.8, 4) is 0 Å². The van der Waals surface area contributed by atoms with Crippen molar-refractivity contribution in [1.29, 1.82) is 0 Å². The Balaban J connectivity index is 1.78. The number of aliphatic hydroxyl groups is 1. The zero-order chi connectivity index (χ0) is 18.0. The number of benzene rings is 1. The number of nitrogens with one attached hydrogen (secondary N) is 1. The third-order valence-corrected chi connectivity index (χ3v) is 7.10. The molecule has 0 spiro atoms. The number of carbonyl (C=O) groups is 1. The van der Waals surface area contributed by atoms with Gasteiger partial charge in [0.05, 0.1) is 13.2 Å². The second-order valence-corrected chi connectivity index (χ2v) is 8.72. The molecule has 0 aliphatic carbocycles. The zero-order valence-electron chi connectivity index (χ0n) is 13.1. The molecule has 2 N–H and O–H groups in total. The van der Waals surface area contributed by atoms with Crippen molar-refractivity contribution in [3.05, 3.63) is 51.5 Å². The largest absolute Gasteiger partial charge is 0.465 e. The van der Waals surface area contributed by atoms with Gasteiger partial charge in [0.2, 0.25) is 10.0 Å². The number of hydrogen-bond acceptors (Lipinski definition) is 7. The van der Waals surface area contributed by atoms with Gasteiger partial charge in [-0.1, -0.05) is 18.2 Å². The topological polar surface area (TPSA) is 92.7 Å². The van der Waals surface area contributed by atoms with E-state index in [-0.39, 0.29) is 16.3 Å². The van der Waals surface area contributed by atoms with E-state index in [0.717, 1.165) is 21.4 Å². The van der Waals surface area contributed by atoms with E-state index in [1.807, 2.05) is 29.6 Å². The molecule has 0 aliphatic rings. The first-order valence-corrected chi connectivity index (χ1v) is 10.5. The van der Waals surface area contributed by atoms with Gasteiger partial charge in [-0.05, 0) is 28.3 Å². The number of rotatable bonds is 6. The molecule has 6 nitrogen and oxygen atoms in total. The third-order valence-electron chi connectivity index (χ3n) is 3.63. The molecule has 2 aromatic heterocycles. The molecule has 9 heteroatoms. The first-order valence-electron chi connectivity index (χ1n) is 7.23. The number of ether oxygens (including phenoxy) is 1. The van der Waals surface area contributed by atoms with Crippen molar-refractivity contribution in [1.82, 2.24) is 4.72 Å². The maximum Gasteiger partial charge on any atom is 0.349 e. The highest BCUT2D eigenvalue weighted by atomic mass is 32.2. The number of thiophene rings is 2. The number of aliphatic hydroxyl groups excluding tert-OH is 1. The molecular formula is C16H15NO5S3. The van der Waals surface area contributed by atoms with Crippen LogP contribution in [-0.4, -0.2) is 33.1 Å². The second kappa shape index (κ2) is 7.22. The van der Waals surface area contributed by atoms with Gasteiger partial charge in [-0.15, -0.1) is 22.7 Å². The molecule has 0 saturated heterocycles. The smallest absolute Gasteiger partial charge is 0.349 e. The molecule has 0 aliphatic heterocycles. The predicted molar refractivity (Wildman–Crippen MR) is 97.6 cm³/mol. The molecule has 2 heterocycles. The van der Waals surface area contributed by atoms with Crippen molar-refractivity contribution in [2.75, 3.05) is 13.7 Å². The van der Waals surface area contributed by atoms with Crippen LogP contribution in [0, 0.1) is 0 Å². The summed E-state index contributed by atoms with van der Waals surface area (Å²) < 4.78 is 32.9. The van der Waals surface area contributed by atoms with Crippen LogP contribution >= 0.6 is 22.7 Å². The van der Waals surface area contributed by atoms with Gasteiger partial charge in [-0.25, -0.2) is 17.9 Å². The molecule has 3 aromatic rings. The van der Waals surface area contributed by atoms with Crippen molar-refractivity contribution in [3.63, 3.8) is 0 Å². The molecule has 0 radical (unpaired) electrons. The molecule has 1 atom stereocenters. The van der Waals surface area contributed by atoms with Crippen LogP contribution in [-0.2, 0) is 14.8 Å². The normalized spacial score (nSPS) is 13.0. The number of methoxy groups -OCH3 is 1. The SMILES string of the molecule is COC(=O)c1sccc1S(=O)(=O)NC[C@H](O)c1csc2ccccc12. The molecule has 0 bridgehead atoms. The van der Waals surface area contributed by atoms with Crippen LogP contribution in [0.2, 0.25) is 0 Å². The highest BCUT2D eigenvalue weighted by Crippen LogP contribution is 2.30. The highest BCUT2D eigenvalue weighted by molar-refractivity contribution is 7.89. The lowest BCUT2D eigenvalue weighted by atomic mass is 10.1. The Morgan fingerprint density at radius 1 is 1.28 bits per heavy atom. The second-order valence-electron chi connectivity index (χ2n) is 5.16. The molecule has 0 unspecified atom stereocenters. The average molecular weight is 397 g/mol. The quantitative estimate of drug-likeness (QED) is 0.624. The summed E-state index contributed by atoms with van der Waals surface area (Å²) in [6.07, 6.45) is -0.994. The van der Waals surface area contributed by atoms with Crippen molar-refractivity contribution < 1.29 is 23.1 Å². The summed E-state index contributed by atoms with van der Waals surface area (Å²) in [6, 6.07) is 8.93. The van der Waals surface area contributed by atoms with E-state index in [1.165, 1.54) is 29.9 Å². The highest BCUT2D eigenvalue weighted by Gasteiger charge is 2.25. The maximum absolute atomic E-state index is 12.5. The lowest BCUT2D eigenvalue weighted by Gasteiger charge is -2.12. The van der Waals surface area contributed by atoms with Gasteiger partial charge in [0, 0.05) is 16.8 Å². The fourth-order valence-corrected chi connectivity index (χ4v) is 5.76. The summed E-state index contributed by atoms with van der Waals surface area (Å²) in [7, 11) is -2.75. The van der Waals surface area contributed by atoms with Crippen molar-refractivity contribution in [2.24, 2.45) is 0 Å². The van der Waals surface area contributed by atoms with Crippen LogP contribution in [0.4, 0.5) is 0 Å². The number of carbonyl (C=O) groups excluding carboxylic acids is 1. The molecule has 0 amide bonds. The molecule has 132 valence electrons. The molecule has 0 saturated carbocycles. The molecule has 1 aromatic carbocycles. The van der Waals surface area contributed by atoms with E-state index in [1.54, 1.807) is 0 Å². The molecule has 25 heavy (non-hydrogen) atoms. The van der Waals surface area contributed by atoms with Gasteiger partial charge < -0.3 is 9.84 Å². The van der Waals surface area contributed by atoms with Crippen molar-refractivity contribution >= 4 is 48.8 Å². The Hall–Kier alpha value is -1.78. The summed E-state index contributed by atoms with van der Waals surface area (Å²) >= 11 is 2.47. The summed E-state index contributed by atoms with van der Waals surface area (Å²) in [5, 5.41) is 14.6. The Labute approximate surface area is 152 Å². The first-order chi connectivity index (χ1) is 11.9. The average Bonchev–Trinajstić information content (AvgIpc) is 3.26. The minimum atomic E-state index is -3.94. The Morgan fingerprint density at radius 2 is 2.04 bits per heavy atom. The summed E-state index contributed by atoms with van der Waals surface area (Å²) in [6.45, 7) is -0.195. The van der Waals surface area contributed by atoms with E-state index in [9.17, 15) is 18.3 Å². The minimum Gasteiger partial charge on any atom is -0.465 e. The summed E-state index contributed by atoms with van der Waals surface area (Å²) in [4.78, 5) is 11.5. The Kier molecular flexibility index (Phi) is 5.21. The van der Waals surface area contributed by atoms with Crippen LogP contribution in [0.25, 0.3) is 10.1 Å². The first kappa shape index (κ1) is 18.0. The van der Waals surface area contributed by atoms with Gasteiger partial charge in [0.1, 0.15) is 9.77 Å². The zero-order valence-corrected chi connectivity index (χ0v) is 15.6. The fraction of sp³-hybridized carbons (Fsp3) is 0.188. The standard InChI is InChI=1S/C16H15NO5S3/c1-22-16(19)15-14(6-7-23-15)25(20,21)17-8-12(18)11-9-24-13-5-3-2-4-10(11)13/h2-7,9,12,17-18H,8H2,1H3/t12-/m0/s1. The number of fused-ring (bicyclic) bond motifs is 1. The van der Waals surface area contributed by atoms with Crippen LogP contribution in [0.1, 0.15) is 21.3 Å². The lowest BCUT2D eigenvalue weighted by Crippen LogP contribution is -2.29. The van der Waals surface area contributed by atoms with Gasteiger partial charge >= 0.3 is 5.97 Å². The summed E-state index contributed by atoms with van der Waals surface area (Å²) in [5.41, 5.74) is 0.668. The van der Waals surface area contributed by atoms with Gasteiger partial charge in [-0.2, -0.15) is 0 Å². The van der Waals surface area contributed by atoms with Crippen LogP contribution in [0.15, 0.2) is 46.0 Å². The van der Waals surface area contributed by atoms with Crippen LogP contribution in [0.3, 0.4) is 0 Å². The fourth-order valence-electron chi connectivity index (χ4n) is 2.38. The summed E-state index contributed by atoms with van der Waals surface area (Å²) in [5.74, 6) is -0.709. The van der Waals surface area contributed by atoms with E-state index in [0.29, 0.717) is 5.56 Å². The lowest BCUT2D eigenvalue weighted by molar-refractivity contribution is 0.0602.